The van der Waals surface area contributed by atoms with E-state index >= 15 is 0 Å². The van der Waals surface area contributed by atoms with Gasteiger partial charge in [0.1, 0.15) is 0 Å². The summed E-state index contributed by atoms with van der Waals surface area (Å²) in [5.41, 5.74) is 5.80. The van der Waals surface area contributed by atoms with Gasteiger partial charge in [0.25, 0.3) is 0 Å². The fourth-order valence-corrected chi connectivity index (χ4v) is 2.28. The van der Waals surface area contributed by atoms with Crippen LogP contribution in [0.5, 0.6) is 0 Å². The number of hydrogen-bond donors (Lipinski definition) is 2. The number of aromatic nitrogens is 3. The molecule has 0 aliphatic carbocycles. The molecule has 0 atom stereocenters. The molecule has 112 valence electrons. The Morgan fingerprint density at radius 3 is 2.55 bits per heavy atom. The van der Waals surface area contributed by atoms with Crippen LogP contribution in [0, 0.1) is 0 Å². The molecule has 1 fully saturated rings. The molecule has 1 aliphatic rings. The number of nitrogens with one attached hydrogen (secondary N) is 1. The maximum atomic E-state index is 5.80. The Bertz CT molecular complexity index is 444. The molecule has 2 heterocycles. The lowest BCUT2D eigenvalue weighted by atomic mass is 10.1. The molecule has 0 bridgehead atoms. The molecule has 0 unspecified atom stereocenters. The van der Waals surface area contributed by atoms with Gasteiger partial charge in [-0.15, -0.1) is 0 Å². The second kappa shape index (κ2) is 6.47. The van der Waals surface area contributed by atoms with Crippen molar-refractivity contribution in [3.8, 4) is 0 Å². The second-order valence-corrected chi connectivity index (χ2v) is 7.20. The number of thioether (sulfide) groups is 1. The first-order chi connectivity index (χ1) is 9.50. The predicted octanol–water partition coefficient (Wildman–Crippen LogP) is 2.00. The molecule has 3 N–H and O–H groups in total. The van der Waals surface area contributed by atoms with Gasteiger partial charge in [-0.05, 0) is 39.4 Å². The molecule has 2 rings (SSSR count). The van der Waals surface area contributed by atoms with Crippen molar-refractivity contribution >= 4 is 29.6 Å². The van der Waals surface area contributed by atoms with Crippen LogP contribution in [0.25, 0.3) is 0 Å². The van der Waals surface area contributed by atoms with Crippen LogP contribution in [0.3, 0.4) is 0 Å². The van der Waals surface area contributed by atoms with E-state index in [2.05, 4.69) is 45.3 Å². The van der Waals surface area contributed by atoms with Crippen molar-refractivity contribution in [2.24, 2.45) is 0 Å². The zero-order valence-corrected chi connectivity index (χ0v) is 13.3. The summed E-state index contributed by atoms with van der Waals surface area (Å²) >= 11 is 1.81. The van der Waals surface area contributed by atoms with Crippen LogP contribution in [0.1, 0.15) is 33.1 Å². The van der Waals surface area contributed by atoms with Crippen molar-refractivity contribution in [3.05, 3.63) is 0 Å². The lowest BCUT2D eigenvalue weighted by Gasteiger charge is -2.27. The molecule has 0 radical (unpaired) electrons. The van der Waals surface area contributed by atoms with Gasteiger partial charge in [0.05, 0.1) is 0 Å². The van der Waals surface area contributed by atoms with Crippen molar-refractivity contribution in [1.29, 1.82) is 0 Å². The third-order valence-corrected chi connectivity index (χ3v) is 4.75. The summed E-state index contributed by atoms with van der Waals surface area (Å²) in [4.78, 5) is 15.1. The van der Waals surface area contributed by atoms with E-state index in [0.29, 0.717) is 11.9 Å². The Morgan fingerprint density at radius 1 is 1.20 bits per heavy atom. The Morgan fingerprint density at radius 2 is 1.90 bits per heavy atom. The van der Waals surface area contributed by atoms with E-state index in [1.165, 1.54) is 19.3 Å². The van der Waals surface area contributed by atoms with Crippen LogP contribution in [0.15, 0.2) is 0 Å². The molecule has 1 aromatic heterocycles. The Hall–Kier alpha value is -1.24. The van der Waals surface area contributed by atoms with E-state index in [1.54, 1.807) is 0 Å². The zero-order chi connectivity index (χ0) is 14.6. The fourth-order valence-electron chi connectivity index (χ4n) is 2.06. The summed E-state index contributed by atoms with van der Waals surface area (Å²) in [6.45, 7) is 7.15. The Labute approximate surface area is 125 Å². The second-order valence-electron chi connectivity index (χ2n) is 5.68. The van der Waals surface area contributed by atoms with Gasteiger partial charge in [-0.25, -0.2) is 0 Å². The minimum absolute atomic E-state index is 0.132. The highest BCUT2D eigenvalue weighted by Gasteiger charge is 2.18. The number of piperidine rings is 1. The molecule has 1 aliphatic heterocycles. The first kappa shape index (κ1) is 15.2. The molecular weight excluding hydrogens is 272 g/mol. The molecule has 1 aromatic rings. The summed E-state index contributed by atoms with van der Waals surface area (Å²) < 4.78 is 0.132. The topological polar surface area (TPSA) is 80.0 Å². The monoisotopic (exact) mass is 296 g/mol. The number of nitrogens with zero attached hydrogens (tertiary/aromatic N) is 4. The van der Waals surface area contributed by atoms with Crippen molar-refractivity contribution < 1.29 is 0 Å². The maximum Gasteiger partial charge on any atom is 0.231 e. The van der Waals surface area contributed by atoms with Crippen molar-refractivity contribution in [1.82, 2.24) is 15.0 Å². The summed E-state index contributed by atoms with van der Waals surface area (Å²) in [5, 5.41) is 3.27. The summed E-state index contributed by atoms with van der Waals surface area (Å²) in [6, 6.07) is 0. The van der Waals surface area contributed by atoms with E-state index in [-0.39, 0.29) is 10.7 Å². The Kier molecular flexibility index (Phi) is 4.91. The van der Waals surface area contributed by atoms with E-state index in [9.17, 15) is 0 Å². The van der Waals surface area contributed by atoms with E-state index in [0.717, 1.165) is 19.6 Å². The Balaban J connectivity index is 2.08. The average Bonchev–Trinajstić information content (AvgIpc) is 2.46. The standard InChI is InChI=1S/C13H24N6S/c1-13(2,20-3)9-15-11-16-10(14)17-12(18-11)19-7-5-4-6-8-19/h4-9H2,1-3H3,(H3,14,15,16,17,18). The van der Waals surface area contributed by atoms with Gasteiger partial charge in [0.2, 0.25) is 17.8 Å². The van der Waals surface area contributed by atoms with Crippen molar-refractivity contribution in [3.63, 3.8) is 0 Å². The summed E-state index contributed by atoms with van der Waals surface area (Å²) in [5.74, 6) is 1.55. The smallest absolute Gasteiger partial charge is 0.231 e. The normalized spacial score (nSPS) is 16.2. The van der Waals surface area contributed by atoms with Gasteiger partial charge < -0.3 is 16.0 Å². The highest BCUT2D eigenvalue weighted by Crippen LogP contribution is 2.22. The molecular formula is C13H24N6S. The summed E-state index contributed by atoms with van der Waals surface area (Å²) in [7, 11) is 0. The van der Waals surface area contributed by atoms with Crippen LogP contribution in [-0.4, -0.2) is 45.6 Å². The number of hydrogen-bond acceptors (Lipinski definition) is 7. The average molecular weight is 296 g/mol. The minimum atomic E-state index is 0.132. The number of nitrogens with two attached hydrogens (primary N) is 1. The van der Waals surface area contributed by atoms with E-state index in [1.807, 2.05) is 11.8 Å². The van der Waals surface area contributed by atoms with Gasteiger partial charge in [-0.3, -0.25) is 0 Å². The lowest BCUT2D eigenvalue weighted by molar-refractivity contribution is 0.568. The number of rotatable bonds is 5. The molecule has 0 aromatic carbocycles. The first-order valence-electron chi connectivity index (χ1n) is 7.06. The zero-order valence-electron chi connectivity index (χ0n) is 12.5. The molecule has 6 nitrogen and oxygen atoms in total. The quantitative estimate of drug-likeness (QED) is 0.860. The van der Waals surface area contributed by atoms with Crippen LogP contribution in [0.4, 0.5) is 17.8 Å². The van der Waals surface area contributed by atoms with Gasteiger partial charge in [-0.1, -0.05) is 0 Å². The lowest BCUT2D eigenvalue weighted by Crippen LogP contribution is -2.32. The molecule has 1 saturated heterocycles. The molecule has 7 heteroatoms. The number of anilines is 3. The highest BCUT2D eigenvalue weighted by atomic mass is 32.2. The third kappa shape index (κ3) is 4.13. The van der Waals surface area contributed by atoms with Gasteiger partial charge in [-0.2, -0.15) is 26.7 Å². The molecule has 0 amide bonds. The molecule has 0 spiro atoms. The van der Waals surface area contributed by atoms with Crippen LogP contribution in [-0.2, 0) is 0 Å². The van der Waals surface area contributed by atoms with Gasteiger partial charge in [0.15, 0.2) is 0 Å². The summed E-state index contributed by atoms with van der Waals surface area (Å²) in [6.07, 6.45) is 5.76. The van der Waals surface area contributed by atoms with Gasteiger partial charge in [0, 0.05) is 24.4 Å². The first-order valence-corrected chi connectivity index (χ1v) is 8.28. The fraction of sp³-hybridized carbons (Fsp3) is 0.769. The van der Waals surface area contributed by atoms with Crippen molar-refractivity contribution in [2.75, 3.05) is 41.8 Å². The predicted molar refractivity (Wildman–Crippen MR) is 86.4 cm³/mol. The third-order valence-electron chi connectivity index (χ3n) is 3.50. The van der Waals surface area contributed by atoms with Crippen molar-refractivity contribution in [2.45, 2.75) is 37.9 Å². The van der Waals surface area contributed by atoms with Crippen LogP contribution in [0.2, 0.25) is 0 Å². The van der Waals surface area contributed by atoms with Crippen LogP contribution < -0.4 is 16.0 Å². The van der Waals surface area contributed by atoms with E-state index < -0.39 is 0 Å². The molecule has 0 saturated carbocycles. The van der Waals surface area contributed by atoms with Gasteiger partial charge >= 0.3 is 0 Å². The SMILES string of the molecule is CSC(C)(C)CNc1nc(N)nc(N2CCCCC2)n1. The largest absolute Gasteiger partial charge is 0.368 e. The van der Waals surface area contributed by atoms with Crippen LogP contribution >= 0.6 is 11.8 Å². The minimum Gasteiger partial charge on any atom is -0.368 e. The molecule has 20 heavy (non-hydrogen) atoms. The highest BCUT2D eigenvalue weighted by molar-refractivity contribution is 7.99. The maximum absolute atomic E-state index is 5.80. The number of nitrogen functional groups attached to an aromatic ring is 1. The van der Waals surface area contributed by atoms with E-state index in [4.69, 9.17) is 5.73 Å².